The lowest BCUT2D eigenvalue weighted by molar-refractivity contribution is -0.117. The van der Waals surface area contributed by atoms with Gasteiger partial charge in [-0.1, -0.05) is 33.1 Å². The summed E-state index contributed by atoms with van der Waals surface area (Å²) in [6.45, 7) is 3.95. The molecule has 1 saturated carbocycles. The number of H-pyrrole nitrogens is 1. The van der Waals surface area contributed by atoms with E-state index in [1.807, 2.05) is 24.5 Å². The van der Waals surface area contributed by atoms with Gasteiger partial charge in [0.15, 0.2) is 5.78 Å². The Bertz CT molecular complexity index is 783. The van der Waals surface area contributed by atoms with Crippen LogP contribution in [0.1, 0.15) is 63.2 Å². The second-order valence-corrected chi connectivity index (χ2v) is 8.21. The summed E-state index contributed by atoms with van der Waals surface area (Å²) in [5, 5.41) is 3.01. The molecule has 1 saturated heterocycles. The van der Waals surface area contributed by atoms with Crippen LogP contribution in [0.2, 0.25) is 0 Å². The second kappa shape index (κ2) is 8.91. The van der Waals surface area contributed by atoms with Crippen LogP contribution < -0.4 is 5.32 Å². The number of nitrogens with one attached hydrogen (secondary N) is 2. The van der Waals surface area contributed by atoms with E-state index < -0.39 is 0 Å². The number of fused-ring (bicyclic) bond motifs is 1. The first kappa shape index (κ1) is 20.6. The molecule has 0 atom stereocenters. The Morgan fingerprint density at radius 1 is 1.14 bits per heavy atom. The summed E-state index contributed by atoms with van der Waals surface area (Å²) in [7, 11) is 0. The minimum Gasteiger partial charge on any atom is -0.367 e. The van der Waals surface area contributed by atoms with Crippen LogP contribution in [0.15, 0.2) is 24.5 Å². The molecule has 2 N–H and O–H groups in total. The van der Waals surface area contributed by atoms with Crippen molar-refractivity contribution in [2.24, 2.45) is 11.8 Å². The molecule has 2 fully saturated rings. The maximum Gasteiger partial charge on any atom is 0.238 e. The van der Waals surface area contributed by atoms with Crippen LogP contribution in [0, 0.1) is 11.8 Å². The number of hydrogen-bond donors (Lipinski definition) is 2. The molecule has 152 valence electrons. The number of aromatic amines is 1. The van der Waals surface area contributed by atoms with Crippen molar-refractivity contribution >= 4 is 17.4 Å². The molecule has 2 aliphatic heterocycles. The minimum atomic E-state index is -0.0341. The van der Waals surface area contributed by atoms with Crippen LogP contribution in [0.3, 0.4) is 0 Å². The molecular weight excluding hydrogens is 350 g/mol. The third kappa shape index (κ3) is 4.30. The van der Waals surface area contributed by atoms with E-state index in [9.17, 15) is 9.59 Å². The fraction of sp³-hybridized carbons (Fsp3) is 0.565. The average Bonchev–Trinajstić information content (AvgIpc) is 3.31. The third-order valence-electron chi connectivity index (χ3n) is 6.45. The lowest BCUT2D eigenvalue weighted by Crippen LogP contribution is -2.40. The van der Waals surface area contributed by atoms with Gasteiger partial charge in [0, 0.05) is 23.5 Å². The molecule has 4 rings (SSSR count). The summed E-state index contributed by atoms with van der Waals surface area (Å²) >= 11 is 0. The zero-order valence-electron chi connectivity index (χ0n) is 16.1. The standard InChI is InChI=1S/C22H29N3O2.CH4/c1-15(26)19-12-18-6-9-23-13-20(18)22(19)24-21(27)14-25-10-7-17(8-11-25)16-4-2-3-5-16;/h6,9,12-13,16-17,23H,2-5,7-8,10-11,14H2,1H3,(H,24,27);1H4. The normalized spacial score (nSPS) is 18.9. The summed E-state index contributed by atoms with van der Waals surface area (Å²) in [6.07, 6.45) is 11.7. The first-order valence-electron chi connectivity index (χ1n) is 10.2. The molecule has 1 amide bonds. The SMILES string of the molecule is C.CC(=O)c1cc2cc[nH]cc-2c1NC(=O)CN1CCC(C2CCCC2)CC1. The molecule has 0 unspecified atom stereocenters. The fourth-order valence-corrected chi connectivity index (χ4v) is 4.96. The molecule has 2 aliphatic carbocycles. The molecule has 0 spiro atoms. The molecule has 4 aliphatic rings. The first-order valence-corrected chi connectivity index (χ1v) is 10.2. The fourth-order valence-electron chi connectivity index (χ4n) is 4.96. The number of anilines is 1. The van der Waals surface area contributed by atoms with Crippen LogP contribution in [0.5, 0.6) is 0 Å². The minimum absolute atomic E-state index is 0. The number of amides is 1. The number of carbonyl (C=O) groups is 2. The van der Waals surface area contributed by atoms with Gasteiger partial charge in [-0.2, -0.15) is 0 Å². The summed E-state index contributed by atoms with van der Waals surface area (Å²) in [5.74, 6) is 1.71. The number of hydrogen-bond acceptors (Lipinski definition) is 3. The van der Waals surface area contributed by atoms with E-state index in [0.717, 1.165) is 36.1 Å². The highest BCUT2D eigenvalue weighted by molar-refractivity contribution is 6.10. The van der Waals surface area contributed by atoms with Crippen molar-refractivity contribution in [3.8, 4) is 11.1 Å². The Labute approximate surface area is 168 Å². The zero-order valence-corrected chi connectivity index (χ0v) is 16.1. The van der Waals surface area contributed by atoms with Crippen LogP contribution in [-0.4, -0.2) is 41.2 Å². The Morgan fingerprint density at radius 2 is 1.82 bits per heavy atom. The summed E-state index contributed by atoms with van der Waals surface area (Å²) < 4.78 is 0. The van der Waals surface area contributed by atoms with Crippen LogP contribution >= 0.6 is 0 Å². The smallest absolute Gasteiger partial charge is 0.238 e. The van der Waals surface area contributed by atoms with E-state index in [-0.39, 0.29) is 19.1 Å². The Kier molecular flexibility index (Phi) is 6.55. The number of carbonyl (C=O) groups excluding carboxylic acids is 2. The third-order valence-corrected chi connectivity index (χ3v) is 6.45. The summed E-state index contributed by atoms with van der Waals surface area (Å²) in [5.41, 5.74) is 3.07. The highest BCUT2D eigenvalue weighted by Crippen LogP contribution is 2.37. The van der Waals surface area contributed by atoms with E-state index in [1.54, 1.807) is 6.92 Å². The van der Waals surface area contributed by atoms with Crippen molar-refractivity contribution in [3.05, 3.63) is 30.1 Å². The number of rotatable bonds is 5. The maximum absolute atomic E-state index is 12.7. The average molecular weight is 384 g/mol. The molecule has 2 heterocycles. The van der Waals surface area contributed by atoms with E-state index in [1.165, 1.54) is 38.5 Å². The molecule has 5 heteroatoms. The first-order chi connectivity index (χ1) is 13.1. The molecule has 0 aromatic rings. The van der Waals surface area contributed by atoms with Crippen LogP contribution in [-0.2, 0) is 4.79 Å². The predicted octanol–water partition coefficient (Wildman–Crippen LogP) is 4.80. The number of likely N-dealkylation sites (tertiary alicyclic amines) is 1. The summed E-state index contributed by atoms with van der Waals surface area (Å²) in [4.78, 5) is 30.0. The number of pyridine rings is 1. The van der Waals surface area contributed by atoms with Crippen molar-refractivity contribution in [2.45, 2.75) is 52.9 Å². The lowest BCUT2D eigenvalue weighted by atomic mass is 9.83. The van der Waals surface area contributed by atoms with E-state index in [0.29, 0.717) is 17.8 Å². The van der Waals surface area contributed by atoms with Crippen molar-refractivity contribution in [1.29, 1.82) is 0 Å². The molecule has 28 heavy (non-hydrogen) atoms. The van der Waals surface area contributed by atoms with Gasteiger partial charge in [0.05, 0.1) is 12.2 Å². The maximum atomic E-state index is 12.7. The molecular formula is C23H33N3O2. The Balaban J connectivity index is 0.00000225. The number of ketones is 1. The summed E-state index contributed by atoms with van der Waals surface area (Å²) in [6, 6.07) is 3.78. The highest BCUT2D eigenvalue weighted by Gasteiger charge is 2.29. The van der Waals surface area contributed by atoms with Crippen molar-refractivity contribution in [1.82, 2.24) is 9.88 Å². The van der Waals surface area contributed by atoms with E-state index in [2.05, 4.69) is 15.2 Å². The second-order valence-electron chi connectivity index (χ2n) is 8.21. The number of piperidine rings is 1. The quantitative estimate of drug-likeness (QED) is 0.729. The lowest BCUT2D eigenvalue weighted by Gasteiger charge is -2.34. The number of nitrogens with zero attached hydrogens (tertiary/aromatic N) is 1. The van der Waals surface area contributed by atoms with Crippen LogP contribution in [0.25, 0.3) is 11.1 Å². The van der Waals surface area contributed by atoms with Gasteiger partial charge < -0.3 is 10.3 Å². The largest absolute Gasteiger partial charge is 0.367 e. The van der Waals surface area contributed by atoms with E-state index >= 15 is 0 Å². The molecule has 0 bridgehead atoms. The number of aromatic nitrogens is 1. The Morgan fingerprint density at radius 3 is 2.50 bits per heavy atom. The molecule has 0 aromatic heterocycles. The van der Waals surface area contributed by atoms with Crippen molar-refractivity contribution in [2.75, 3.05) is 25.0 Å². The topological polar surface area (TPSA) is 65.2 Å². The van der Waals surface area contributed by atoms with Gasteiger partial charge in [0.2, 0.25) is 5.91 Å². The van der Waals surface area contributed by atoms with Gasteiger partial charge in [-0.15, -0.1) is 0 Å². The van der Waals surface area contributed by atoms with Gasteiger partial charge in [0.25, 0.3) is 0 Å². The molecule has 5 nitrogen and oxygen atoms in total. The van der Waals surface area contributed by atoms with Crippen molar-refractivity contribution < 1.29 is 9.59 Å². The molecule has 0 radical (unpaired) electrons. The molecule has 0 aromatic carbocycles. The highest BCUT2D eigenvalue weighted by atomic mass is 16.2. The van der Waals surface area contributed by atoms with Gasteiger partial charge in [0.1, 0.15) is 0 Å². The van der Waals surface area contributed by atoms with Gasteiger partial charge in [-0.3, -0.25) is 14.5 Å². The van der Waals surface area contributed by atoms with Gasteiger partial charge in [-0.25, -0.2) is 0 Å². The Hall–Kier alpha value is -2.14. The number of Topliss-reactive ketones (excluding diaryl/α,β-unsaturated/α-hetero) is 1. The van der Waals surface area contributed by atoms with Crippen molar-refractivity contribution in [3.63, 3.8) is 0 Å². The van der Waals surface area contributed by atoms with Gasteiger partial charge in [-0.05, 0) is 62.4 Å². The predicted molar refractivity (Wildman–Crippen MR) is 114 cm³/mol. The van der Waals surface area contributed by atoms with Gasteiger partial charge >= 0.3 is 0 Å². The zero-order chi connectivity index (χ0) is 18.8. The van der Waals surface area contributed by atoms with E-state index in [4.69, 9.17) is 0 Å². The van der Waals surface area contributed by atoms with Crippen LogP contribution in [0.4, 0.5) is 5.69 Å². The monoisotopic (exact) mass is 383 g/mol.